The number of halogens is 1. The Labute approximate surface area is 123 Å². The molecule has 0 atom stereocenters. The van der Waals surface area contributed by atoms with E-state index in [9.17, 15) is 21.2 Å². The van der Waals surface area contributed by atoms with Crippen LogP contribution in [0.1, 0.15) is 12.8 Å². The third-order valence-electron chi connectivity index (χ3n) is 3.39. The summed E-state index contributed by atoms with van der Waals surface area (Å²) in [6.45, 7) is 0.0853. The van der Waals surface area contributed by atoms with Gasteiger partial charge in [0.1, 0.15) is 10.7 Å². The van der Waals surface area contributed by atoms with E-state index in [1.807, 2.05) is 0 Å². The number of sulfone groups is 1. The van der Waals surface area contributed by atoms with Crippen molar-refractivity contribution >= 4 is 19.9 Å². The number of aliphatic hydroxyl groups excluding tert-OH is 1. The van der Waals surface area contributed by atoms with Crippen molar-refractivity contribution in [2.75, 3.05) is 12.8 Å². The Balaban J connectivity index is 2.22. The number of nitrogens with one attached hydrogen (secondary N) is 1. The zero-order valence-corrected chi connectivity index (χ0v) is 12.9. The maximum absolute atomic E-state index is 13.7. The van der Waals surface area contributed by atoms with Gasteiger partial charge in [-0.2, -0.15) is 0 Å². The summed E-state index contributed by atoms with van der Waals surface area (Å²) in [5, 5.41) is 9.13. The third kappa shape index (κ3) is 3.79. The molecular formula is C12H16FNO5S2. The van der Waals surface area contributed by atoms with Crippen LogP contribution in [0.15, 0.2) is 28.0 Å². The van der Waals surface area contributed by atoms with E-state index in [0.29, 0.717) is 12.8 Å². The Morgan fingerprint density at radius 1 is 1.29 bits per heavy atom. The van der Waals surface area contributed by atoms with Crippen molar-refractivity contribution in [2.45, 2.75) is 28.7 Å². The van der Waals surface area contributed by atoms with Gasteiger partial charge in [0.05, 0.1) is 11.0 Å². The predicted octanol–water partition coefficient (Wildman–Crippen LogP) is 0.278. The molecule has 1 aromatic rings. The van der Waals surface area contributed by atoms with Crippen molar-refractivity contribution in [3.8, 4) is 0 Å². The molecule has 21 heavy (non-hydrogen) atoms. The Bertz CT molecular complexity index is 739. The molecule has 1 aromatic carbocycles. The summed E-state index contributed by atoms with van der Waals surface area (Å²) in [6.07, 6.45) is 1.49. The predicted molar refractivity (Wildman–Crippen MR) is 73.4 cm³/mol. The number of aliphatic hydroxyl groups is 1. The first-order chi connectivity index (χ1) is 9.59. The Hall–Kier alpha value is -1.03. The van der Waals surface area contributed by atoms with Gasteiger partial charge in [-0.05, 0) is 37.0 Å². The third-order valence-corrected chi connectivity index (χ3v) is 5.94. The van der Waals surface area contributed by atoms with Crippen LogP contribution in [0.3, 0.4) is 0 Å². The van der Waals surface area contributed by atoms with Crippen molar-refractivity contribution in [2.24, 2.45) is 5.92 Å². The lowest BCUT2D eigenvalue weighted by Crippen LogP contribution is -2.38. The number of hydrogen-bond acceptors (Lipinski definition) is 5. The molecule has 0 spiro atoms. The quantitative estimate of drug-likeness (QED) is 0.752. The van der Waals surface area contributed by atoms with E-state index in [2.05, 4.69) is 4.72 Å². The second-order valence-electron chi connectivity index (χ2n) is 5.21. The highest BCUT2D eigenvalue weighted by Crippen LogP contribution is 2.27. The lowest BCUT2D eigenvalue weighted by Gasteiger charge is -2.31. The second-order valence-corrected chi connectivity index (χ2v) is 8.96. The van der Waals surface area contributed by atoms with Crippen LogP contribution in [-0.4, -0.2) is 40.8 Å². The van der Waals surface area contributed by atoms with Gasteiger partial charge in [-0.15, -0.1) is 0 Å². The van der Waals surface area contributed by atoms with Crippen molar-refractivity contribution in [1.82, 2.24) is 4.72 Å². The maximum Gasteiger partial charge on any atom is 0.243 e. The normalized spacial score (nSPS) is 22.8. The number of rotatable bonds is 5. The van der Waals surface area contributed by atoms with Crippen LogP contribution in [0.4, 0.5) is 4.39 Å². The van der Waals surface area contributed by atoms with E-state index in [4.69, 9.17) is 5.11 Å². The van der Waals surface area contributed by atoms with Gasteiger partial charge in [0.15, 0.2) is 9.84 Å². The molecule has 0 bridgehead atoms. The van der Waals surface area contributed by atoms with E-state index in [0.717, 1.165) is 24.5 Å². The van der Waals surface area contributed by atoms with Crippen LogP contribution in [0.5, 0.6) is 0 Å². The monoisotopic (exact) mass is 337 g/mol. The van der Waals surface area contributed by atoms with E-state index < -0.39 is 36.7 Å². The minimum atomic E-state index is -4.13. The molecule has 0 amide bonds. The Kier molecular flexibility index (Phi) is 4.39. The molecular weight excluding hydrogens is 321 g/mol. The van der Waals surface area contributed by atoms with Gasteiger partial charge in [0.2, 0.25) is 10.0 Å². The van der Waals surface area contributed by atoms with Gasteiger partial charge in [-0.25, -0.2) is 25.9 Å². The molecule has 1 saturated carbocycles. The molecule has 1 aliphatic carbocycles. The molecule has 2 rings (SSSR count). The molecule has 1 aliphatic rings. The van der Waals surface area contributed by atoms with E-state index in [1.54, 1.807) is 0 Å². The largest absolute Gasteiger partial charge is 0.393 e. The summed E-state index contributed by atoms with van der Waals surface area (Å²) < 4.78 is 62.9. The summed E-state index contributed by atoms with van der Waals surface area (Å²) >= 11 is 0. The van der Waals surface area contributed by atoms with E-state index in [-0.39, 0.29) is 17.4 Å². The van der Waals surface area contributed by atoms with E-state index in [1.165, 1.54) is 0 Å². The Morgan fingerprint density at radius 2 is 1.90 bits per heavy atom. The molecule has 0 saturated heterocycles. The highest BCUT2D eigenvalue weighted by molar-refractivity contribution is 7.91. The molecule has 118 valence electrons. The van der Waals surface area contributed by atoms with Gasteiger partial charge in [-0.1, -0.05) is 0 Å². The maximum atomic E-state index is 13.7. The van der Waals surface area contributed by atoms with Gasteiger partial charge in [0, 0.05) is 12.8 Å². The lowest BCUT2D eigenvalue weighted by molar-refractivity contribution is 0.0453. The second kappa shape index (κ2) is 5.64. The molecule has 0 heterocycles. The summed E-state index contributed by atoms with van der Waals surface area (Å²) in [7, 11) is -7.76. The average Bonchev–Trinajstić information content (AvgIpc) is 2.32. The lowest BCUT2D eigenvalue weighted by atomic mass is 9.83. The average molecular weight is 337 g/mol. The molecule has 6 nitrogen and oxygen atoms in total. The first kappa shape index (κ1) is 16.3. The summed E-state index contributed by atoms with van der Waals surface area (Å²) in [4.78, 5) is -0.950. The van der Waals surface area contributed by atoms with Gasteiger partial charge in [0.25, 0.3) is 0 Å². The minimum absolute atomic E-state index is 0.0101. The SMILES string of the molecule is CS(=O)(=O)c1ccc(F)c(S(=O)(=O)NCC2CC(O)C2)c1. The first-order valence-electron chi connectivity index (χ1n) is 6.27. The number of benzene rings is 1. The van der Waals surface area contributed by atoms with Crippen LogP contribution in [0.25, 0.3) is 0 Å². The summed E-state index contributed by atoms with van der Waals surface area (Å²) in [6, 6.07) is 2.65. The van der Waals surface area contributed by atoms with Gasteiger partial charge >= 0.3 is 0 Å². The molecule has 2 N–H and O–H groups in total. The highest BCUT2D eigenvalue weighted by Gasteiger charge is 2.29. The molecule has 0 aromatic heterocycles. The number of sulfonamides is 1. The highest BCUT2D eigenvalue weighted by atomic mass is 32.2. The first-order valence-corrected chi connectivity index (χ1v) is 9.64. The summed E-state index contributed by atoms with van der Waals surface area (Å²) in [5.41, 5.74) is 0. The van der Waals surface area contributed by atoms with Crippen molar-refractivity contribution in [3.05, 3.63) is 24.0 Å². The van der Waals surface area contributed by atoms with Crippen LogP contribution < -0.4 is 4.72 Å². The van der Waals surface area contributed by atoms with Gasteiger partial charge in [-0.3, -0.25) is 0 Å². The zero-order chi connectivity index (χ0) is 15.8. The van der Waals surface area contributed by atoms with Crippen molar-refractivity contribution in [1.29, 1.82) is 0 Å². The van der Waals surface area contributed by atoms with Crippen molar-refractivity contribution < 1.29 is 26.3 Å². The summed E-state index contributed by atoms with van der Waals surface area (Å²) in [5.74, 6) is -1.00. The molecule has 9 heteroatoms. The van der Waals surface area contributed by atoms with Crippen LogP contribution >= 0.6 is 0 Å². The van der Waals surface area contributed by atoms with Crippen LogP contribution in [0.2, 0.25) is 0 Å². The smallest absolute Gasteiger partial charge is 0.243 e. The number of hydrogen-bond donors (Lipinski definition) is 2. The fourth-order valence-corrected chi connectivity index (χ4v) is 4.03. The fraction of sp³-hybridized carbons (Fsp3) is 0.500. The minimum Gasteiger partial charge on any atom is -0.393 e. The topological polar surface area (TPSA) is 101 Å². The molecule has 0 radical (unpaired) electrons. The molecule has 1 fully saturated rings. The Morgan fingerprint density at radius 3 is 2.43 bits per heavy atom. The standard InChI is InChI=1S/C12H16FNO5S2/c1-20(16,17)10-2-3-11(13)12(6-10)21(18,19)14-7-8-4-9(15)5-8/h2-3,6,8-9,14-15H,4-5,7H2,1H3. The molecule has 0 aliphatic heterocycles. The molecule has 0 unspecified atom stereocenters. The van der Waals surface area contributed by atoms with Crippen molar-refractivity contribution in [3.63, 3.8) is 0 Å². The van der Waals surface area contributed by atoms with Crippen LogP contribution in [-0.2, 0) is 19.9 Å². The van der Waals surface area contributed by atoms with Crippen LogP contribution in [0, 0.1) is 11.7 Å². The zero-order valence-electron chi connectivity index (χ0n) is 11.3. The fourth-order valence-electron chi connectivity index (χ4n) is 2.09. The van der Waals surface area contributed by atoms with Gasteiger partial charge < -0.3 is 5.11 Å². The van der Waals surface area contributed by atoms with E-state index >= 15 is 0 Å².